The Morgan fingerprint density at radius 3 is 2.23 bits per heavy atom. The van der Waals surface area contributed by atoms with Crippen LogP contribution in [0.2, 0.25) is 0 Å². The number of esters is 1. The van der Waals surface area contributed by atoms with Gasteiger partial charge in [-0.15, -0.1) is 0 Å². The molecule has 0 unspecified atom stereocenters. The molecule has 0 saturated carbocycles. The minimum Gasteiger partial charge on any atom is -0.454 e. The molecule has 0 fully saturated rings. The lowest BCUT2D eigenvalue weighted by atomic mass is 10.1. The van der Waals surface area contributed by atoms with Gasteiger partial charge in [-0.2, -0.15) is 0 Å². The molecule has 0 atom stereocenters. The molecule has 0 aliphatic heterocycles. The molecule has 2 aromatic carbocycles. The van der Waals surface area contributed by atoms with Crippen LogP contribution < -0.4 is 0 Å². The lowest BCUT2D eigenvalue weighted by molar-refractivity contribution is -0.385. The monoisotopic (exact) mass is 406 g/mol. The van der Waals surface area contributed by atoms with Crippen LogP contribution in [-0.4, -0.2) is 27.8 Å². The van der Waals surface area contributed by atoms with Crippen LogP contribution in [0.5, 0.6) is 0 Å². The molecule has 0 aliphatic rings. The van der Waals surface area contributed by atoms with Gasteiger partial charge in [-0.1, -0.05) is 18.2 Å². The maximum absolute atomic E-state index is 12.7. The maximum atomic E-state index is 12.7. The molecule has 3 rings (SSSR count). The average molecular weight is 406 g/mol. The number of nitro benzene ring substituents is 1. The number of hydrogen-bond donors (Lipinski definition) is 0. The minimum atomic E-state index is -0.904. The number of carbonyl (C=O) groups excluding carboxylic acids is 2. The third-order valence-electron chi connectivity index (χ3n) is 4.85. The Morgan fingerprint density at radius 1 is 0.967 bits per heavy atom. The van der Waals surface area contributed by atoms with Crippen LogP contribution in [0.3, 0.4) is 0 Å². The van der Waals surface area contributed by atoms with Gasteiger partial charge in [0.05, 0.1) is 4.92 Å². The van der Waals surface area contributed by atoms with Crippen molar-refractivity contribution in [3.8, 4) is 5.69 Å². The molecule has 7 nitrogen and oxygen atoms in total. The fourth-order valence-corrected chi connectivity index (χ4v) is 3.61. The van der Waals surface area contributed by atoms with Crippen LogP contribution in [0.1, 0.15) is 43.2 Å². The molecule has 0 spiro atoms. The Balaban J connectivity index is 1.82. The van der Waals surface area contributed by atoms with Gasteiger partial charge in [-0.05, 0) is 63.1 Å². The molecule has 0 N–H and O–H groups in total. The van der Waals surface area contributed by atoms with Crippen molar-refractivity contribution in [1.82, 2.24) is 4.57 Å². The Bertz CT molecular complexity index is 1140. The van der Waals surface area contributed by atoms with Gasteiger partial charge in [0.2, 0.25) is 5.78 Å². The maximum Gasteiger partial charge on any atom is 0.345 e. The lowest BCUT2D eigenvalue weighted by Crippen LogP contribution is -2.16. The summed E-state index contributed by atoms with van der Waals surface area (Å²) in [6.45, 7) is 7.27. The zero-order valence-electron chi connectivity index (χ0n) is 17.3. The number of ketones is 1. The normalized spacial score (nSPS) is 10.7. The molecule has 3 aromatic rings. The summed E-state index contributed by atoms with van der Waals surface area (Å²) in [4.78, 5) is 35.4. The Hall–Kier alpha value is -3.74. The number of benzene rings is 2. The Morgan fingerprint density at radius 2 is 1.60 bits per heavy atom. The van der Waals surface area contributed by atoms with Gasteiger partial charge in [0.1, 0.15) is 5.56 Å². The molecule has 154 valence electrons. The fraction of sp³-hybridized carbons (Fsp3) is 0.217. The number of Topliss-reactive ketones (excluding diaryl/α,β-unsaturated/α-hetero) is 1. The first-order valence-electron chi connectivity index (χ1n) is 9.40. The number of ether oxygens (including phenoxy) is 1. The first-order valence-corrected chi connectivity index (χ1v) is 9.40. The van der Waals surface area contributed by atoms with Crippen molar-refractivity contribution in [3.63, 3.8) is 0 Å². The fourth-order valence-electron chi connectivity index (χ4n) is 3.61. The molecule has 1 aromatic heterocycles. The van der Waals surface area contributed by atoms with Crippen molar-refractivity contribution in [2.24, 2.45) is 0 Å². The standard InChI is InChI=1S/C23H22N2O5/c1-14-9-15(2)11-18(10-14)24-16(3)12-20(17(24)4)22(26)13-30-23(27)19-7-5-6-8-21(19)25(28)29/h5-12H,13H2,1-4H3. The highest BCUT2D eigenvalue weighted by molar-refractivity contribution is 6.01. The van der Waals surface area contributed by atoms with Crippen molar-refractivity contribution < 1.29 is 19.2 Å². The predicted octanol–water partition coefficient (Wildman–Crippen LogP) is 4.66. The highest BCUT2D eigenvalue weighted by Gasteiger charge is 2.23. The second-order valence-electron chi connectivity index (χ2n) is 7.24. The molecule has 0 aliphatic carbocycles. The molecule has 1 heterocycles. The molecule has 0 bridgehead atoms. The van der Waals surface area contributed by atoms with Crippen molar-refractivity contribution in [3.05, 3.63) is 92.3 Å². The Labute approximate surface area is 174 Å². The number of carbonyl (C=O) groups is 2. The van der Waals surface area contributed by atoms with E-state index >= 15 is 0 Å². The van der Waals surface area contributed by atoms with Crippen LogP contribution in [-0.2, 0) is 4.74 Å². The van der Waals surface area contributed by atoms with Gasteiger partial charge in [-0.25, -0.2) is 4.79 Å². The van der Waals surface area contributed by atoms with Gasteiger partial charge >= 0.3 is 5.97 Å². The van der Waals surface area contributed by atoms with Crippen LogP contribution in [0.4, 0.5) is 5.69 Å². The van der Waals surface area contributed by atoms with Gasteiger partial charge in [0.15, 0.2) is 6.61 Å². The van der Waals surface area contributed by atoms with Gasteiger partial charge < -0.3 is 9.30 Å². The highest BCUT2D eigenvalue weighted by Crippen LogP contribution is 2.24. The first kappa shape index (κ1) is 21.0. The van der Waals surface area contributed by atoms with Crippen molar-refractivity contribution in [2.45, 2.75) is 27.7 Å². The van der Waals surface area contributed by atoms with E-state index in [2.05, 4.69) is 6.07 Å². The number of aromatic nitrogens is 1. The van der Waals surface area contributed by atoms with E-state index in [0.29, 0.717) is 5.56 Å². The van der Waals surface area contributed by atoms with E-state index in [-0.39, 0.29) is 17.0 Å². The number of hydrogen-bond acceptors (Lipinski definition) is 5. The molecule has 30 heavy (non-hydrogen) atoms. The van der Waals surface area contributed by atoms with E-state index in [1.54, 1.807) is 6.07 Å². The number of para-hydroxylation sites is 1. The SMILES string of the molecule is Cc1cc(C)cc(-n2c(C)cc(C(=O)COC(=O)c3ccccc3[N+](=O)[O-])c2C)c1. The highest BCUT2D eigenvalue weighted by atomic mass is 16.6. The molecular formula is C23H22N2O5. The van der Waals surface area contributed by atoms with Crippen LogP contribution >= 0.6 is 0 Å². The summed E-state index contributed by atoms with van der Waals surface area (Å²) in [5, 5.41) is 11.1. The average Bonchev–Trinajstić information content (AvgIpc) is 2.99. The zero-order valence-corrected chi connectivity index (χ0v) is 17.3. The van der Waals surface area contributed by atoms with Crippen LogP contribution in [0.25, 0.3) is 5.69 Å². The van der Waals surface area contributed by atoms with Gasteiger partial charge in [0, 0.05) is 28.7 Å². The predicted molar refractivity (Wildman–Crippen MR) is 112 cm³/mol. The summed E-state index contributed by atoms with van der Waals surface area (Å²) < 4.78 is 7.06. The van der Waals surface area contributed by atoms with Crippen LogP contribution in [0.15, 0.2) is 48.5 Å². The summed E-state index contributed by atoms with van der Waals surface area (Å²) in [7, 11) is 0. The summed E-state index contributed by atoms with van der Waals surface area (Å²) >= 11 is 0. The van der Waals surface area contributed by atoms with E-state index in [1.165, 1.54) is 24.3 Å². The third kappa shape index (κ3) is 4.15. The van der Waals surface area contributed by atoms with Crippen LogP contribution in [0, 0.1) is 37.8 Å². The van der Waals surface area contributed by atoms with E-state index in [0.717, 1.165) is 28.2 Å². The molecule has 0 radical (unpaired) electrons. The van der Waals surface area contributed by atoms with E-state index in [4.69, 9.17) is 4.74 Å². The summed E-state index contributed by atoms with van der Waals surface area (Å²) in [6, 6.07) is 13.4. The second-order valence-corrected chi connectivity index (χ2v) is 7.24. The van der Waals surface area contributed by atoms with Crippen molar-refractivity contribution in [2.75, 3.05) is 6.61 Å². The minimum absolute atomic E-state index is 0.184. The molecule has 7 heteroatoms. The second kappa shape index (κ2) is 8.32. The quantitative estimate of drug-likeness (QED) is 0.257. The first-order chi connectivity index (χ1) is 14.2. The molecule has 0 amide bonds. The summed E-state index contributed by atoms with van der Waals surface area (Å²) in [5.41, 5.74) is 4.71. The number of nitro groups is 1. The zero-order chi connectivity index (χ0) is 22.0. The smallest absolute Gasteiger partial charge is 0.345 e. The summed E-state index contributed by atoms with van der Waals surface area (Å²) in [6.07, 6.45) is 0. The van der Waals surface area contributed by atoms with Gasteiger partial charge in [-0.3, -0.25) is 14.9 Å². The van der Waals surface area contributed by atoms with Gasteiger partial charge in [0.25, 0.3) is 5.69 Å². The van der Waals surface area contributed by atoms with E-state index in [9.17, 15) is 19.7 Å². The number of nitrogens with zero attached hydrogens (tertiary/aromatic N) is 2. The molecular weight excluding hydrogens is 384 g/mol. The topological polar surface area (TPSA) is 91.4 Å². The van der Waals surface area contributed by atoms with Crippen molar-refractivity contribution >= 4 is 17.4 Å². The van der Waals surface area contributed by atoms with E-state index in [1.807, 2.05) is 44.4 Å². The van der Waals surface area contributed by atoms with E-state index < -0.39 is 17.5 Å². The number of rotatable bonds is 6. The molecule has 0 saturated heterocycles. The lowest BCUT2D eigenvalue weighted by Gasteiger charge is -2.12. The van der Waals surface area contributed by atoms with Crippen molar-refractivity contribution in [1.29, 1.82) is 0 Å². The summed E-state index contributed by atoms with van der Waals surface area (Å²) in [5.74, 6) is -1.27. The largest absolute Gasteiger partial charge is 0.454 e. The third-order valence-corrected chi connectivity index (χ3v) is 4.85. The Kier molecular flexibility index (Phi) is 5.82. The number of aryl methyl sites for hydroxylation is 3.